The molecular weight excluding hydrogens is 282 g/mol. The van der Waals surface area contributed by atoms with Crippen molar-refractivity contribution in [2.24, 2.45) is 0 Å². The number of benzene rings is 2. The molecule has 6 nitrogen and oxygen atoms in total. The van der Waals surface area contributed by atoms with E-state index in [1.807, 2.05) is 30.3 Å². The Morgan fingerprint density at radius 1 is 1.18 bits per heavy atom. The lowest BCUT2D eigenvalue weighted by atomic mass is 10.0. The largest absolute Gasteiger partial charge is 0.354 e. The molecule has 110 valence electrons. The highest BCUT2D eigenvalue weighted by Crippen LogP contribution is 2.34. The summed E-state index contributed by atoms with van der Waals surface area (Å²) in [5.74, 6) is -0.266. The average molecular weight is 295 g/mol. The molecule has 3 rings (SSSR count). The first-order chi connectivity index (χ1) is 10.6. The molecule has 1 heterocycles. The molecule has 2 aromatic carbocycles. The first-order valence-corrected chi connectivity index (χ1v) is 6.69. The van der Waals surface area contributed by atoms with Crippen molar-refractivity contribution in [2.75, 3.05) is 7.05 Å². The molecule has 22 heavy (non-hydrogen) atoms. The van der Waals surface area contributed by atoms with Crippen molar-refractivity contribution < 1.29 is 9.72 Å². The number of H-pyrrole nitrogens is 1. The van der Waals surface area contributed by atoms with Gasteiger partial charge in [-0.05, 0) is 11.6 Å². The highest BCUT2D eigenvalue weighted by Gasteiger charge is 2.20. The minimum Gasteiger partial charge on any atom is -0.354 e. The molecule has 1 amide bonds. The van der Waals surface area contributed by atoms with Crippen LogP contribution in [0.4, 0.5) is 5.69 Å². The number of aromatic amines is 1. The maximum absolute atomic E-state index is 12.1. The zero-order valence-corrected chi connectivity index (χ0v) is 11.8. The Balaban J connectivity index is 2.35. The van der Waals surface area contributed by atoms with Gasteiger partial charge >= 0.3 is 0 Å². The number of nitro groups is 1. The molecule has 2 N–H and O–H groups in total. The highest BCUT2D eigenvalue weighted by molar-refractivity contribution is 6.10. The molecule has 0 radical (unpaired) electrons. The van der Waals surface area contributed by atoms with Gasteiger partial charge < -0.3 is 10.3 Å². The van der Waals surface area contributed by atoms with Crippen LogP contribution in [0.5, 0.6) is 0 Å². The number of carbonyl (C=O) groups is 1. The number of nitrogens with zero attached hydrogens (tertiary/aromatic N) is 1. The van der Waals surface area contributed by atoms with Gasteiger partial charge in [0.15, 0.2) is 0 Å². The molecule has 0 spiro atoms. The SMILES string of the molecule is CNC(=O)c1[nH]c2ccc([N+](=O)[O-])cc2c1-c1ccccc1. The molecule has 0 aliphatic heterocycles. The number of aromatic nitrogens is 1. The molecule has 0 aliphatic carbocycles. The Morgan fingerprint density at radius 2 is 1.91 bits per heavy atom. The summed E-state index contributed by atoms with van der Waals surface area (Å²) in [6, 6.07) is 13.9. The molecule has 0 unspecified atom stereocenters. The zero-order valence-electron chi connectivity index (χ0n) is 11.8. The number of non-ortho nitro benzene ring substituents is 1. The monoisotopic (exact) mass is 295 g/mol. The summed E-state index contributed by atoms with van der Waals surface area (Å²) in [6.07, 6.45) is 0. The standard InChI is InChI=1S/C16H13N3O3/c1-17-16(20)15-14(10-5-3-2-4-6-10)12-9-11(19(21)22)7-8-13(12)18-15/h2-9,18H,1H3,(H,17,20). The normalized spacial score (nSPS) is 10.6. The molecule has 0 saturated heterocycles. The number of carbonyl (C=O) groups excluding carboxylic acids is 1. The van der Waals surface area contributed by atoms with Gasteiger partial charge in [0.2, 0.25) is 0 Å². The van der Waals surface area contributed by atoms with Crippen molar-refractivity contribution >= 4 is 22.5 Å². The Morgan fingerprint density at radius 3 is 2.55 bits per heavy atom. The second-order valence-electron chi connectivity index (χ2n) is 4.81. The summed E-state index contributed by atoms with van der Waals surface area (Å²) in [5.41, 5.74) is 2.56. The predicted octanol–water partition coefficient (Wildman–Crippen LogP) is 3.10. The van der Waals surface area contributed by atoms with E-state index >= 15 is 0 Å². The molecule has 1 aromatic heterocycles. The quantitative estimate of drug-likeness (QED) is 0.575. The summed E-state index contributed by atoms with van der Waals surface area (Å²) in [5, 5.41) is 14.2. The topological polar surface area (TPSA) is 88.0 Å². The molecular formula is C16H13N3O3. The van der Waals surface area contributed by atoms with E-state index in [1.165, 1.54) is 12.1 Å². The van der Waals surface area contributed by atoms with E-state index in [9.17, 15) is 14.9 Å². The van der Waals surface area contributed by atoms with E-state index in [4.69, 9.17) is 0 Å². The van der Waals surface area contributed by atoms with Gasteiger partial charge in [0.1, 0.15) is 5.69 Å². The summed E-state index contributed by atoms with van der Waals surface area (Å²) in [7, 11) is 1.55. The smallest absolute Gasteiger partial charge is 0.270 e. The van der Waals surface area contributed by atoms with Gasteiger partial charge in [0.05, 0.1) is 4.92 Å². The second-order valence-corrected chi connectivity index (χ2v) is 4.81. The van der Waals surface area contributed by atoms with E-state index in [-0.39, 0.29) is 11.6 Å². The molecule has 0 atom stereocenters. The number of nitrogens with one attached hydrogen (secondary N) is 2. The molecule has 0 saturated carbocycles. The number of fused-ring (bicyclic) bond motifs is 1. The third-order valence-corrected chi connectivity index (χ3v) is 3.51. The van der Waals surface area contributed by atoms with Crippen molar-refractivity contribution in [3.8, 4) is 11.1 Å². The Labute approximate surface area is 125 Å². The van der Waals surface area contributed by atoms with Crippen molar-refractivity contribution in [1.29, 1.82) is 0 Å². The predicted molar refractivity (Wildman–Crippen MR) is 83.8 cm³/mol. The van der Waals surface area contributed by atoms with Crippen LogP contribution in [-0.2, 0) is 0 Å². The van der Waals surface area contributed by atoms with Gasteiger partial charge in [-0.1, -0.05) is 30.3 Å². The van der Waals surface area contributed by atoms with Crippen LogP contribution in [0.15, 0.2) is 48.5 Å². The van der Waals surface area contributed by atoms with Crippen LogP contribution in [0.3, 0.4) is 0 Å². The second kappa shape index (κ2) is 5.33. The van der Waals surface area contributed by atoms with Crippen molar-refractivity contribution in [2.45, 2.75) is 0 Å². The van der Waals surface area contributed by atoms with Gasteiger partial charge in [-0.3, -0.25) is 14.9 Å². The van der Waals surface area contributed by atoms with Crippen LogP contribution in [0.25, 0.3) is 22.0 Å². The van der Waals surface area contributed by atoms with Crippen LogP contribution < -0.4 is 5.32 Å². The number of amides is 1. The Hall–Kier alpha value is -3.15. The summed E-state index contributed by atoms with van der Waals surface area (Å²) >= 11 is 0. The third kappa shape index (κ3) is 2.20. The number of rotatable bonds is 3. The molecule has 6 heteroatoms. The molecule has 0 fully saturated rings. The van der Waals surface area contributed by atoms with E-state index in [2.05, 4.69) is 10.3 Å². The van der Waals surface area contributed by atoms with Crippen LogP contribution in [-0.4, -0.2) is 22.9 Å². The maximum atomic E-state index is 12.1. The Bertz CT molecular complexity index is 869. The average Bonchev–Trinajstić information content (AvgIpc) is 2.93. The van der Waals surface area contributed by atoms with E-state index in [0.29, 0.717) is 22.2 Å². The summed E-state index contributed by atoms with van der Waals surface area (Å²) < 4.78 is 0. The lowest BCUT2D eigenvalue weighted by Crippen LogP contribution is -2.18. The first-order valence-electron chi connectivity index (χ1n) is 6.69. The van der Waals surface area contributed by atoms with Gasteiger partial charge in [-0.25, -0.2) is 0 Å². The number of hydrogen-bond donors (Lipinski definition) is 2. The van der Waals surface area contributed by atoms with E-state index < -0.39 is 4.92 Å². The van der Waals surface area contributed by atoms with Gasteiger partial charge in [-0.2, -0.15) is 0 Å². The van der Waals surface area contributed by atoms with Gasteiger partial charge in [-0.15, -0.1) is 0 Å². The molecule has 0 bridgehead atoms. The lowest BCUT2D eigenvalue weighted by Gasteiger charge is -2.04. The third-order valence-electron chi connectivity index (χ3n) is 3.51. The lowest BCUT2D eigenvalue weighted by molar-refractivity contribution is -0.384. The summed E-state index contributed by atoms with van der Waals surface area (Å²) in [6.45, 7) is 0. The first kappa shape index (κ1) is 13.8. The highest BCUT2D eigenvalue weighted by atomic mass is 16.6. The summed E-state index contributed by atoms with van der Waals surface area (Å²) in [4.78, 5) is 25.7. The Kier molecular flexibility index (Phi) is 3.34. The zero-order chi connectivity index (χ0) is 15.7. The van der Waals surface area contributed by atoms with Crippen molar-refractivity contribution in [1.82, 2.24) is 10.3 Å². The fourth-order valence-corrected chi connectivity index (χ4v) is 2.49. The van der Waals surface area contributed by atoms with Crippen LogP contribution in [0.2, 0.25) is 0 Å². The molecule has 0 aliphatic rings. The van der Waals surface area contributed by atoms with Crippen molar-refractivity contribution in [3.63, 3.8) is 0 Å². The fourth-order valence-electron chi connectivity index (χ4n) is 2.49. The van der Waals surface area contributed by atoms with Crippen LogP contribution in [0.1, 0.15) is 10.5 Å². The molecule has 3 aromatic rings. The minimum absolute atomic E-state index is 0.00728. The minimum atomic E-state index is -0.444. The van der Waals surface area contributed by atoms with Gasteiger partial charge in [0.25, 0.3) is 11.6 Å². The van der Waals surface area contributed by atoms with E-state index in [1.54, 1.807) is 13.1 Å². The van der Waals surface area contributed by atoms with Crippen LogP contribution in [0, 0.1) is 10.1 Å². The maximum Gasteiger partial charge on any atom is 0.270 e. The van der Waals surface area contributed by atoms with Crippen molar-refractivity contribution in [3.05, 3.63) is 64.3 Å². The fraction of sp³-hybridized carbons (Fsp3) is 0.0625. The van der Waals surface area contributed by atoms with Crippen LogP contribution >= 0.6 is 0 Å². The van der Waals surface area contributed by atoms with E-state index in [0.717, 1.165) is 5.56 Å². The number of nitro benzene ring substituents is 1. The number of hydrogen-bond acceptors (Lipinski definition) is 3. The van der Waals surface area contributed by atoms with Gasteiger partial charge in [0, 0.05) is 35.6 Å².